The fourth-order valence-corrected chi connectivity index (χ4v) is 3.23. The standard InChI is InChI=1S/C12H9BrClFN2O2S/c1-7-8(13)5-6-11(16-7)17-20(18,19)10-4-2-3-9(15)12(10)14/h2-6H,1H3,(H,16,17). The van der Waals surface area contributed by atoms with Gasteiger partial charge in [-0.25, -0.2) is 17.8 Å². The number of nitrogens with one attached hydrogen (secondary N) is 1. The van der Waals surface area contributed by atoms with Gasteiger partial charge in [0, 0.05) is 4.47 Å². The van der Waals surface area contributed by atoms with Crippen molar-refractivity contribution in [2.45, 2.75) is 11.8 Å². The molecule has 0 bridgehead atoms. The summed E-state index contributed by atoms with van der Waals surface area (Å²) in [5.74, 6) is -0.666. The minimum Gasteiger partial charge on any atom is -0.263 e. The van der Waals surface area contributed by atoms with E-state index in [0.717, 1.165) is 10.5 Å². The summed E-state index contributed by atoms with van der Waals surface area (Å²) in [7, 11) is -4.00. The van der Waals surface area contributed by atoms with Crippen LogP contribution in [0.3, 0.4) is 0 Å². The molecule has 0 aliphatic carbocycles. The van der Waals surface area contributed by atoms with Crippen molar-refractivity contribution < 1.29 is 12.8 Å². The van der Waals surface area contributed by atoms with Gasteiger partial charge in [-0.15, -0.1) is 0 Å². The molecule has 2 rings (SSSR count). The molecule has 0 radical (unpaired) electrons. The third-order valence-corrected chi connectivity index (χ3v) is 5.20. The van der Waals surface area contributed by atoms with E-state index in [2.05, 4.69) is 25.6 Å². The lowest BCUT2D eigenvalue weighted by Gasteiger charge is -2.10. The molecule has 2 aromatic rings. The predicted molar refractivity (Wildman–Crippen MR) is 78.9 cm³/mol. The number of hydrogen-bond donors (Lipinski definition) is 1. The van der Waals surface area contributed by atoms with Crippen LogP contribution in [-0.4, -0.2) is 13.4 Å². The van der Waals surface area contributed by atoms with Crippen LogP contribution in [0.4, 0.5) is 10.2 Å². The third kappa shape index (κ3) is 3.11. The van der Waals surface area contributed by atoms with E-state index in [1.54, 1.807) is 13.0 Å². The highest BCUT2D eigenvalue weighted by Gasteiger charge is 2.20. The highest BCUT2D eigenvalue weighted by molar-refractivity contribution is 9.10. The van der Waals surface area contributed by atoms with Gasteiger partial charge in [-0.2, -0.15) is 0 Å². The highest BCUT2D eigenvalue weighted by Crippen LogP contribution is 2.26. The van der Waals surface area contributed by atoms with Gasteiger partial charge in [0.2, 0.25) is 0 Å². The van der Waals surface area contributed by atoms with E-state index in [9.17, 15) is 12.8 Å². The molecule has 20 heavy (non-hydrogen) atoms. The quantitative estimate of drug-likeness (QED) is 0.883. The molecule has 0 saturated heterocycles. The van der Waals surface area contributed by atoms with Crippen molar-refractivity contribution in [3.8, 4) is 0 Å². The number of halogens is 3. The monoisotopic (exact) mass is 378 g/mol. The second kappa shape index (κ2) is 5.67. The molecule has 1 heterocycles. The summed E-state index contributed by atoms with van der Waals surface area (Å²) < 4.78 is 40.6. The summed E-state index contributed by atoms with van der Waals surface area (Å²) in [5.41, 5.74) is 0.621. The number of anilines is 1. The van der Waals surface area contributed by atoms with E-state index in [0.29, 0.717) is 5.69 Å². The number of sulfonamides is 1. The maximum absolute atomic E-state index is 13.3. The Morgan fingerprint density at radius 3 is 2.65 bits per heavy atom. The summed E-state index contributed by atoms with van der Waals surface area (Å²) in [4.78, 5) is 3.73. The first-order valence-corrected chi connectivity index (χ1v) is 8.06. The van der Waals surface area contributed by atoms with Crippen LogP contribution in [0.25, 0.3) is 0 Å². The van der Waals surface area contributed by atoms with E-state index in [1.807, 2.05) is 0 Å². The minimum absolute atomic E-state index is 0.131. The Bertz CT molecular complexity index is 768. The van der Waals surface area contributed by atoms with Crippen LogP contribution in [0.2, 0.25) is 5.02 Å². The van der Waals surface area contributed by atoms with Gasteiger partial charge in [0.05, 0.1) is 10.7 Å². The van der Waals surface area contributed by atoms with Gasteiger partial charge < -0.3 is 0 Å². The molecule has 1 aromatic heterocycles. The highest BCUT2D eigenvalue weighted by atomic mass is 79.9. The molecule has 4 nitrogen and oxygen atoms in total. The summed E-state index contributed by atoms with van der Waals surface area (Å²) in [6.07, 6.45) is 0. The van der Waals surface area contributed by atoms with E-state index in [1.165, 1.54) is 18.2 Å². The van der Waals surface area contributed by atoms with Gasteiger partial charge in [-0.05, 0) is 47.1 Å². The lowest BCUT2D eigenvalue weighted by Crippen LogP contribution is -2.15. The van der Waals surface area contributed by atoms with Crippen LogP contribution in [-0.2, 0) is 10.0 Å². The van der Waals surface area contributed by atoms with Crippen LogP contribution in [0, 0.1) is 12.7 Å². The summed E-state index contributed by atoms with van der Waals surface area (Å²) in [5, 5.41) is -0.450. The maximum atomic E-state index is 13.3. The fourth-order valence-electron chi connectivity index (χ4n) is 1.49. The molecule has 0 spiro atoms. The summed E-state index contributed by atoms with van der Waals surface area (Å²) in [6.45, 7) is 1.72. The van der Waals surface area contributed by atoms with Crippen LogP contribution < -0.4 is 4.72 Å². The first-order valence-electron chi connectivity index (χ1n) is 5.41. The number of benzene rings is 1. The van der Waals surface area contributed by atoms with Crippen molar-refractivity contribution in [1.29, 1.82) is 0 Å². The first-order chi connectivity index (χ1) is 9.31. The fraction of sp³-hybridized carbons (Fsp3) is 0.0833. The normalized spacial score (nSPS) is 11.4. The lowest BCUT2D eigenvalue weighted by atomic mass is 10.3. The number of hydrogen-bond acceptors (Lipinski definition) is 3. The Hall–Kier alpha value is -1.18. The van der Waals surface area contributed by atoms with Gasteiger partial charge in [-0.1, -0.05) is 17.7 Å². The molecule has 0 saturated carbocycles. The zero-order chi connectivity index (χ0) is 14.9. The van der Waals surface area contributed by atoms with Crippen molar-refractivity contribution in [1.82, 2.24) is 4.98 Å². The number of pyridine rings is 1. The van der Waals surface area contributed by atoms with Crippen LogP contribution in [0.15, 0.2) is 39.7 Å². The lowest BCUT2D eigenvalue weighted by molar-refractivity contribution is 0.595. The molecule has 0 atom stereocenters. The van der Waals surface area contributed by atoms with Crippen molar-refractivity contribution in [2.24, 2.45) is 0 Å². The number of nitrogens with zero attached hydrogens (tertiary/aromatic N) is 1. The summed E-state index contributed by atoms with van der Waals surface area (Å²) in [6, 6.07) is 6.73. The predicted octanol–water partition coefficient (Wildman–Crippen LogP) is 3.75. The second-order valence-corrected chi connectivity index (χ2v) is 6.80. The van der Waals surface area contributed by atoms with Crippen molar-refractivity contribution in [3.05, 3.63) is 51.3 Å². The Labute approximate surface area is 129 Å². The van der Waals surface area contributed by atoms with E-state index >= 15 is 0 Å². The third-order valence-electron chi connectivity index (χ3n) is 2.47. The van der Waals surface area contributed by atoms with Gasteiger partial charge >= 0.3 is 0 Å². The largest absolute Gasteiger partial charge is 0.264 e. The zero-order valence-corrected chi connectivity index (χ0v) is 13.4. The van der Waals surface area contributed by atoms with Crippen molar-refractivity contribution in [3.63, 3.8) is 0 Å². The van der Waals surface area contributed by atoms with Gasteiger partial charge in [0.15, 0.2) is 0 Å². The first kappa shape index (κ1) is 15.2. The summed E-state index contributed by atoms with van der Waals surface area (Å²) >= 11 is 8.94. The number of aromatic nitrogens is 1. The molecular formula is C12H9BrClFN2O2S. The van der Waals surface area contributed by atoms with Crippen LogP contribution >= 0.6 is 27.5 Å². The topological polar surface area (TPSA) is 59.1 Å². The maximum Gasteiger partial charge on any atom is 0.264 e. The van der Waals surface area contributed by atoms with Crippen LogP contribution in [0.1, 0.15) is 5.69 Å². The SMILES string of the molecule is Cc1nc(NS(=O)(=O)c2cccc(F)c2Cl)ccc1Br. The molecule has 1 aromatic carbocycles. The molecule has 0 aliphatic heterocycles. The molecule has 0 fully saturated rings. The second-order valence-electron chi connectivity index (χ2n) is 3.92. The van der Waals surface area contributed by atoms with Crippen molar-refractivity contribution in [2.75, 3.05) is 4.72 Å². The van der Waals surface area contributed by atoms with E-state index < -0.39 is 20.9 Å². The minimum atomic E-state index is -4.00. The molecule has 0 aliphatic rings. The molecule has 8 heteroatoms. The molecule has 0 amide bonds. The van der Waals surface area contributed by atoms with Gasteiger partial charge in [-0.3, -0.25) is 4.72 Å². The molecular weight excluding hydrogens is 371 g/mol. The average molecular weight is 380 g/mol. The van der Waals surface area contributed by atoms with Crippen LogP contribution in [0.5, 0.6) is 0 Å². The van der Waals surface area contributed by atoms with Crippen molar-refractivity contribution >= 4 is 43.4 Å². The smallest absolute Gasteiger partial charge is 0.263 e. The molecule has 1 N–H and O–H groups in total. The Morgan fingerprint density at radius 1 is 1.30 bits per heavy atom. The number of aryl methyl sites for hydroxylation is 1. The van der Waals surface area contributed by atoms with E-state index in [-0.39, 0.29) is 10.7 Å². The van der Waals surface area contributed by atoms with Gasteiger partial charge in [0.25, 0.3) is 10.0 Å². The Kier molecular flexibility index (Phi) is 4.31. The van der Waals surface area contributed by atoms with Gasteiger partial charge in [0.1, 0.15) is 16.5 Å². The molecule has 106 valence electrons. The molecule has 0 unspecified atom stereocenters. The Balaban J connectivity index is 2.41. The zero-order valence-electron chi connectivity index (χ0n) is 10.2. The number of rotatable bonds is 3. The Morgan fingerprint density at radius 2 is 2.00 bits per heavy atom. The average Bonchev–Trinajstić information content (AvgIpc) is 2.36. The van der Waals surface area contributed by atoms with E-state index in [4.69, 9.17) is 11.6 Å².